The van der Waals surface area contributed by atoms with Crippen LogP contribution in [0.25, 0.3) is 0 Å². The minimum absolute atomic E-state index is 0.0544. The van der Waals surface area contributed by atoms with Crippen molar-refractivity contribution in [2.75, 3.05) is 12.8 Å². The molecule has 0 fully saturated rings. The molecule has 0 saturated carbocycles. The first-order chi connectivity index (χ1) is 10.2. The van der Waals surface area contributed by atoms with Crippen LogP contribution in [0.5, 0.6) is 0 Å². The van der Waals surface area contributed by atoms with E-state index in [1.165, 1.54) is 20.0 Å². The standard InChI is InChI=1S/C12H21N2O7P/c1-4-21-22(18,19)6-10(9(3)15)20-7-14-5-8(2)11(16)13-12(14)17/h5,9-10,15H,4,6-7H2,1-3H3,(H,18,19)(H,13,16,17). The molecular formula is C12H21N2O7P. The van der Waals surface area contributed by atoms with Gasteiger partial charge in [-0.25, -0.2) is 4.79 Å². The molecule has 1 rings (SSSR count). The van der Waals surface area contributed by atoms with Crippen molar-refractivity contribution in [3.05, 3.63) is 32.6 Å². The number of rotatable bonds is 8. The number of ether oxygens (including phenoxy) is 1. The number of hydrogen-bond acceptors (Lipinski definition) is 6. The highest BCUT2D eigenvalue weighted by atomic mass is 31.2. The molecule has 1 aromatic rings. The zero-order valence-electron chi connectivity index (χ0n) is 12.7. The average molecular weight is 336 g/mol. The highest BCUT2D eigenvalue weighted by Crippen LogP contribution is 2.43. The van der Waals surface area contributed by atoms with Gasteiger partial charge in [-0.05, 0) is 20.8 Å². The molecule has 0 aliphatic heterocycles. The van der Waals surface area contributed by atoms with E-state index in [4.69, 9.17) is 9.26 Å². The maximum Gasteiger partial charge on any atom is 0.330 e. The fraction of sp³-hybridized carbons (Fsp3) is 0.667. The molecule has 0 aromatic carbocycles. The molecule has 126 valence electrons. The quantitative estimate of drug-likeness (QED) is 0.560. The van der Waals surface area contributed by atoms with E-state index in [-0.39, 0.29) is 13.3 Å². The second-order valence-corrected chi connectivity index (χ2v) is 6.75. The summed E-state index contributed by atoms with van der Waals surface area (Å²) in [5.74, 6) is 0. The zero-order valence-corrected chi connectivity index (χ0v) is 13.6. The smallest absolute Gasteiger partial charge is 0.330 e. The number of aryl methyl sites for hydroxylation is 1. The average Bonchev–Trinajstić information content (AvgIpc) is 2.39. The van der Waals surface area contributed by atoms with Gasteiger partial charge in [-0.3, -0.25) is 18.9 Å². The maximum atomic E-state index is 11.7. The van der Waals surface area contributed by atoms with Crippen molar-refractivity contribution in [1.82, 2.24) is 9.55 Å². The molecule has 3 atom stereocenters. The Balaban J connectivity index is 2.82. The van der Waals surface area contributed by atoms with Gasteiger partial charge in [0.2, 0.25) is 0 Å². The summed E-state index contributed by atoms with van der Waals surface area (Å²) in [4.78, 5) is 34.6. The summed E-state index contributed by atoms with van der Waals surface area (Å²) in [5.41, 5.74) is -0.847. The van der Waals surface area contributed by atoms with E-state index in [0.29, 0.717) is 5.56 Å². The van der Waals surface area contributed by atoms with Crippen molar-refractivity contribution in [2.45, 2.75) is 39.7 Å². The Bertz CT molecular complexity index is 652. The molecule has 0 aliphatic rings. The molecule has 3 unspecified atom stereocenters. The zero-order chi connectivity index (χ0) is 16.9. The molecule has 0 radical (unpaired) electrons. The van der Waals surface area contributed by atoms with E-state index >= 15 is 0 Å². The second kappa shape index (κ2) is 7.85. The van der Waals surface area contributed by atoms with Gasteiger partial charge in [-0.15, -0.1) is 0 Å². The molecule has 0 spiro atoms. The lowest BCUT2D eigenvalue weighted by molar-refractivity contribution is -0.0498. The van der Waals surface area contributed by atoms with Crippen LogP contribution in [0.1, 0.15) is 19.4 Å². The van der Waals surface area contributed by atoms with Crippen molar-refractivity contribution < 1.29 is 23.8 Å². The molecule has 10 heteroatoms. The third kappa shape index (κ3) is 5.51. The van der Waals surface area contributed by atoms with Crippen LogP contribution >= 0.6 is 7.60 Å². The van der Waals surface area contributed by atoms with Crippen LogP contribution in [-0.2, 0) is 20.6 Å². The van der Waals surface area contributed by atoms with E-state index < -0.39 is 37.2 Å². The van der Waals surface area contributed by atoms with Crippen LogP contribution in [-0.4, -0.2) is 44.5 Å². The summed E-state index contributed by atoms with van der Waals surface area (Å²) in [5, 5.41) is 9.63. The molecule has 0 saturated heterocycles. The van der Waals surface area contributed by atoms with Crippen molar-refractivity contribution in [1.29, 1.82) is 0 Å². The molecule has 0 aliphatic carbocycles. The summed E-state index contributed by atoms with van der Waals surface area (Å²) in [6.07, 6.45) is -1.14. The summed E-state index contributed by atoms with van der Waals surface area (Å²) in [6.45, 7) is 4.27. The number of nitrogens with zero attached hydrogens (tertiary/aromatic N) is 1. The molecule has 0 amide bonds. The summed E-state index contributed by atoms with van der Waals surface area (Å²) in [6, 6.07) is 0. The summed E-state index contributed by atoms with van der Waals surface area (Å²) in [7, 11) is -3.88. The Morgan fingerprint density at radius 2 is 2.09 bits per heavy atom. The second-order valence-electron chi connectivity index (χ2n) is 4.85. The fourth-order valence-corrected chi connectivity index (χ4v) is 3.09. The van der Waals surface area contributed by atoms with E-state index in [9.17, 15) is 24.2 Å². The third-order valence-corrected chi connectivity index (χ3v) is 4.38. The Labute approximate surface area is 127 Å². The van der Waals surface area contributed by atoms with E-state index in [0.717, 1.165) is 4.57 Å². The lowest BCUT2D eigenvalue weighted by Gasteiger charge is -2.23. The van der Waals surface area contributed by atoms with Crippen molar-refractivity contribution in [2.24, 2.45) is 0 Å². The first kappa shape index (κ1) is 18.8. The van der Waals surface area contributed by atoms with E-state index in [1.807, 2.05) is 0 Å². The Morgan fingerprint density at radius 1 is 1.45 bits per heavy atom. The lowest BCUT2D eigenvalue weighted by Crippen LogP contribution is -2.35. The number of aromatic nitrogens is 2. The van der Waals surface area contributed by atoms with Gasteiger partial charge in [0.15, 0.2) is 0 Å². The lowest BCUT2D eigenvalue weighted by atomic mass is 10.2. The number of aliphatic hydroxyl groups is 1. The number of aliphatic hydroxyl groups excluding tert-OH is 1. The van der Waals surface area contributed by atoms with Crippen LogP contribution < -0.4 is 11.2 Å². The SMILES string of the molecule is CCOP(=O)(O)CC(OCn1cc(C)c(=O)[nH]c1=O)C(C)O. The van der Waals surface area contributed by atoms with Crippen LogP contribution in [0.2, 0.25) is 0 Å². The van der Waals surface area contributed by atoms with Gasteiger partial charge in [-0.1, -0.05) is 0 Å². The predicted octanol–water partition coefficient (Wildman–Crippen LogP) is -0.210. The molecule has 22 heavy (non-hydrogen) atoms. The Morgan fingerprint density at radius 3 is 2.64 bits per heavy atom. The molecule has 3 N–H and O–H groups in total. The topological polar surface area (TPSA) is 131 Å². The Hall–Kier alpha value is -1.25. The number of nitrogens with one attached hydrogen (secondary N) is 1. The van der Waals surface area contributed by atoms with Crippen LogP contribution in [0.15, 0.2) is 15.8 Å². The highest BCUT2D eigenvalue weighted by molar-refractivity contribution is 7.52. The van der Waals surface area contributed by atoms with Gasteiger partial charge in [0.25, 0.3) is 5.56 Å². The predicted molar refractivity (Wildman–Crippen MR) is 78.9 cm³/mol. The van der Waals surface area contributed by atoms with Gasteiger partial charge in [-0.2, -0.15) is 0 Å². The minimum atomic E-state index is -3.88. The van der Waals surface area contributed by atoms with Crippen LogP contribution in [0, 0.1) is 6.92 Å². The Kier molecular flexibility index (Phi) is 6.70. The van der Waals surface area contributed by atoms with Gasteiger partial charge in [0.1, 0.15) is 6.73 Å². The molecule has 1 heterocycles. The van der Waals surface area contributed by atoms with Crippen molar-refractivity contribution >= 4 is 7.60 Å². The largest absolute Gasteiger partial charge is 0.391 e. The van der Waals surface area contributed by atoms with Gasteiger partial charge < -0.3 is 19.3 Å². The molecule has 1 aromatic heterocycles. The first-order valence-corrected chi connectivity index (χ1v) is 8.49. The third-order valence-electron chi connectivity index (χ3n) is 2.90. The minimum Gasteiger partial charge on any atom is -0.391 e. The van der Waals surface area contributed by atoms with E-state index in [2.05, 4.69) is 4.98 Å². The van der Waals surface area contributed by atoms with Gasteiger partial charge >= 0.3 is 13.3 Å². The summed E-state index contributed by atoms with van der Waals surface area (Å²) >= 11 is 0. The molecule has 9 nitrogen and oxygen atoms in total. The van der Waals surface area contributed by atoms with Crippen molar-refractivity contribution in [3.8, 4) is 0 Å². The first-order valence-electron chi connectivity index (χ1n) is 6.72. The van der Waals surface area contributed by atoms with Gasteiger partial charge in [0, 0.05) is 11.8 Å². The van der Waals surface area contributed by atoms with Crippen LogP contribution in [0.3, 0.4) is 0 Å². The van der Waals surface area contributed by atoms with Gasteiger partial charge in [0.05, 0.1) is 25.0 Å². The monoisotopic (exact) mass is 336 g/mol. The molecule has 0 bridgehead atoms. The molecular weight excluding hydrogens is 315 g/mol. The number of hydrogen-bond donors (Lipinski definition) is 3. The van der Waals surface area contributed by atoms with Crippen LogP contribution in [0.4, 0.5) is 0 Å². The van der Waals surface area contributed by atoms with E-state index in [1.54, 1.807) is 6.92 Å². The highest BCUT2D eigenvalue weighted by Gasteiger charge is 2.28. The normalized spacial score (nSPS) is 17.0. The maximum absolute atomic E-state index is 11.7. The number of aromatic amines is 1. The van der Waals surface area contributed by atoms with Crippen molar-refractivity contribution in [3.63, 3.8) is 0 Å². The summed E-state index contributed by atoms with van der Waals surface area (Å²) < 4.78 is 22.9. The number of H-pyrrole nitrogens is 1. The fourth-order valence-electron chi connectivity index (χ4n) is 1.72.